The molecule has 0 aliphatic carbocycles. The van der Waals surface area contributed by atoms with Crippen LogP contribution in [0.4, 0.5) is 0 Å². The fraction of sp³-hybridized carbons (Fsp3) is 0.933. The maximum Gasteiger partial charge on any atom is 0.241 e. The molecule has 106 valence electrons. The van der Waals surface area contributed by atoms with Gasteiger partial charge in [-0.1, -0.05) is 47.5 Å². The van der Waals surface area contributed by atoms with E-state index in [1.54, 1.807) is 0 Å². The second-order valence-corrected chi connectivity index (χ2v) is 5.88. The molecule has 0 aromatic carbocycles. The molecular weight excluding hydrogens is 224 g/mol. The third-order valence-electron chi connectivity index (χ3n) is 4.43. The fourth-order valence-corrected chi connectivity index (χ4v) is 3.13. The summed E-state index contributed by atoms with van der Waals surface area (Å²) in [7, 11) is 0. The second-order valence-electron chi connectivity index (χ2n) is 5.88. The molecule has 1 rings (SSSR count). The van der Waals surface area contributed by atoms with Gasteiger partial charge in [-0.3, -0.25) is 10.1 Å². The Morgan fingerprint density at radius 3 is 2.11 bits per heavy atom. The molecule has 3 heteroatoms. The summed E-state index contributed by atoms with van der Waals surface area (Å²) in [5.41, 5.74) is 0. The number of nitrogens with zero attached hydrogens (tertiary/aromatic N) is 1. The molecule has 1 aliphatic heterocycles. The van der Waals surface area contributed by atoms with Crippen LogP contribution in [0.5, 0.6) is 0 Å². The lowest BCUT2D eigenvalue weighted by Crippen LogP contribution is -2.48. The number of carbonyl (C=O) groups is 1. The SMILES string of the molecule is CCC1NC(C(C)C)N(C(C)C(CC)CC)C1=O. The van der Waals surface area contributed by atoms with Crippen molar-refractivity contribution in [1.82, 2.24) is 10.2 Å². The number of rotatable bonds is 6. The molecule has 1 fully saturated rings. The van der Waals surface area contributed by atoms with Crippen LogP contribution in [0, 0.1) is 11.8 Å². The first-order valence-corrected chi connectivity index (χ1v) is 7.55. The quantitative estimate of drug-likeness (QED) is 0.790. The molecule has 0 radical (unpaired) electrons. The first-order chi connectivity index (χ1) is 8.47. The Balaban J connectivity index is 2.91. The Morgan fingerprint density at radius 2 is 1.72 bits per heavy atom. The highest BCUT2D eigenvalue weighted by Crippen LogP contribution is 2.27. The lowest BCUT2D eigenvalue weighted by Gasteiger charge is -2.36. The Kier molecular flexibility index (Phi) is 5.64. The summed E-state index contributed by atoms with van der Waals surface area (Å²) in [6.45, 7) is 13.1. The molecule has 18 heavy (non-hydrogen) atoms. The van der Waals surface area contributed by atoms with E-state index in [2.05, 4.69) is 51.8 Å². The van der Waals surface area contributed by atoms with Crippen molar-refractivity contribution < 1.29 is 4.79 Å². The van der Waals surface area contributed by atoms with Crippen LogP contribution in [-0.4, -0.2) is 29.1 Å². The van der Waals surface area contributed by atoms with E-state index < -0.39 is 0 Å². The van der Waals surface area contributed by atoms with Crippen molar-refractivity contribution in [2.45, 2.75) is 79.1 Å². The number of nitrogens with one attached hydrogen (secondary N) is 1. The van der Waals surface area contributed by atoms with Crippen molar-refractivity contribution in [3.05, 3.63) is 0 Å². The van der Waals surface area contributed by atoms with Crippen molar-refractivity contribution in [2.75, 3.05) is 0 Å². The van der Waals surface area contributed by atoms with Gasteiger partial charge >= 0.3 is 0 Å². The van der Waals surface area contributed by atoms with E-state index in [1.807, 2.05) is 0 Å². The van der Waals surface area contributed by atoms with Crippen molar-refractivity contribution in [1.29, 1.82) is 0 Å². The van der Waals surface area contributed by atoms with Gasteiger partial charge in [-0.15, -0.1) is 0 Å². The summed E-state index contributed by atoms with van der Waals surface area (Å²) in [4.78, 5) is 14.6. The van der Waals surface area contributed by atoms with Gasteiger partial charge in [-0.2, -0.15) is 0 Å². The Bertz CT molecular complexity index is 274. The van der Waals surface area contributed by atoms with Crippen molar-refractivity contribution >= 4 is 5.91 Å². The first-order valence-electron chi connectivity index (χ1n) is 7.55. The predicted octanol–water partition coefficient (Wildman–Crippen LogP) is 3.00. The molecule has 1 saturated heterocycles. The van der Waals surface area contributed by atoms with E-state index in [-0.39, 0.29) is 12.2 Å². The summed E-state index contributed by atoms with van der Waals surface area (Å²) in [6.07, 6.45) is 3.37. The standard InChI is InChI=1S/C15H30N2O/c1-7-12(8-2)11(6)17-14(10(4)5)16-13(9-3)15(17)18/h10-14,16H,7-9H2,1-6H3. The molecule has 0 spiro atoms. The van der Waals surface area contributed by atoms with Crippen molar-refractivity contribution in [3.63, 3.8) is 0 Å². The summed E-state index contributed by atoms with van der Waals surface area (Å²) >= 11 is 0. The van der Waals surface area contributed by atoms with Crippen molar-refractivity contribution in [3.8, 4) is 0 Å². The topological polar surface area (TPSA) is 32.3 Å². The number of hydrogen-bond acceptors (Lipinski definition) is 2. The summed E-state index contributed by atoms with van der Waals surface area (Å²) in [5.74, 6) is 1.37. The van der Waals surface area contributed by atoms with Gasteiger partial charge in [0, 0.05) is 6.04 Å². The van der Waals surface area contributed by atoms with Crippen LogP contribution in [0.15, 0.2) is 0 Å². The monoisotopic (exact) mass is 254 g/mol. The summed E-state index contributed by atoms with van der Waals surface area (Å²) in [5, 5.41) is 3.50. The van der Waals surface area contributed by atoms with Crippen LogP contribution < -0.4 is 5.32 Å². The summed E-state index contributed by atoms with van der Waals surface area (Å²) < 4.78 is 0. The molecule has 1 N–H and O–H groups in total. The van der Waals surface area contributed by atoms with Gasteiger partial charge in [0.25, 0.3) is 0 Å². The Labute approximate surface area is 112 Å². The molecule has 0 aromatic rings. The van der Waals surface area contributed by atoms with Crippen LogP contribution in [0.3, 0.4) is 0 Å². The number of hydrogen-bond donors (Lipinski definition) is 1. The minimum absolute atomic E-state index is 0.0224. The summed E-state index contributed by atoms with van der Waals surface area (Å²) in [6, 6.07) is 0.359. The average molecular weight is 254 g/mol. The van der Waals surface area contributed by atoms with Gasteiger partial charge in [0.1, 0.15) is 0 Å². The van der Waals surface area contributed by atoms with Crippen LogP contribution in [-0.2, 0) is 4.79 Å². The molecule has 3 unspecified atom stereocenters. The van der Waals surface area contributed by atoms with E-state index in [9.17, 15) is 4.79 Å². The lowest BCUT2D eigenvalue weighted by atomic mass is 9.93. The number of carbonyl (C=O) groups excluding carboxylic acids is 1. The second kappa shape index (κ2) is 6.55. The zero-order chi connectivity index (χ0) is 13.9. The maximum absolute atomic E-state index is 12.5. The predicted molar refractivity (Wildman–Crippen MR) is 76.2 cm³/mol. The molecule has 0 aromatic heterocycles. The Morgan fingerprint density at radius 1 is 1.17 bits per heavy atom. The van der Waals surface area contributed by atoms with E-state index in [0.717, 1.165) is 19.3 Å². The highest BCUT2D eigenvalue weighted by Gasteiger charge is 2.42. The molecule has 3 nitrogen and oxygen atoms in total. The van der Waals surface area contributed by atoms with Crippen LogP contribution >= 0.6 is 0 Å². The van der Waals surface area contributed by atoms with Gasteiger partial charge in [0.05, 0.1) is 12.2 Å². The molecule has 3 atom stereocenters. The molecule has 1 heterocycles. The molecule has 0 saturated carbocycles. The normalized spacial score (nSPS) is 26.4. The highest BCUT2D eigenvalue weighted by molar-refractivity contribution is 5.84. The highest BCUT2D eigenvalue weighted by atomic mass is 16.2. The van der Waals surface area contributed by atoms with E-state index in [4.69, 9.17) is 0 Å². The molecule has 0 bridgehead atoms. The zero-order valence-electron chi connectivity index (χ0n) is 12.9. The van der Waals surface area contributed by atoms with Gasteiger partial charge in [0.15, 0.2) is 0 Å². The smallest absolute Gasteiger partial charge is 0.241 e. The van der Waals surface area contributed by atoms with Gasteiger partial charge in [-0.05, 0) is 25.2 Å². The Hall–Kier alpha value is -0.570. The first kappa shape index (κ1) is 15.5. The maximum atomic E-state index is 12.5. The largest absolute Gasteiger partial charge is 0.323 e. The average Bonchev–Trinajstić information content (AvgIpc) is 2.67. The van der Waals surface area contributed by atoms with Crippen LogP contribution in [0.2, 0.25) is 0 Å². The lowest BCUT2D eigenvalue weighted by molar-refractivity contribution is -0.133. The van der Waals surface area contributed by atoms with Gasteiger partial charge < -0.3 is 4.90 Å². The molecule has 1 aliphatic rings. The van der Waals surface area contributed by atoms with E-state index in [0.29, 0.717) is 23.8 Å². The van der Waals surface area contributed by atoms with Crippen LogP contribution in [0.25, 0.3) is 0 Å². The fourth-order valence-electron chi connectivity index (χ4n) is 3.13. The third kappa shape index (κ3) is 2.87. The minimum atomic E-state index is 0.0224. The molecule has 1 amide bonds. The van der Waals surface area contributed by atoms with Gasteiger partial charge in [0.2, 0.25) is 5.91 Å². The van der Waals surface area contributed by atoms with E-state index >= 15 is 0 Å². The van der Waals surface area contributed by atoms with Crippen molar-refractivity contribution in [2.24, 2.45) is 11.8 Å². The van der Waals surface area contributed by atoms with Gasteiger partial charge in [-0.25, -0.2) is 0 Å². The van der Waals surface area contributed by atoms with E-state index in [1.165, 1.54) is 0 Å². The zero-order valence-corrected chi connectivity index (χ0v) is 12.9. The minimum Gasteiger partial charge on any atom is -0.323 e. The molecular formula is C15H30N2O. The van der Waals surface area contributed by atoms with Crippen LogP contribution in [0.1, 0.15) is 60.8 Å². The number of amides is 1. The third-order valence-corrected chi connectivity index (χ3v) is 4.43.